The summed E-state index contributed by atoms with van der Waals surface area (Å²) in [5.74, 6) is -3.99. The molecule has 21 heteroatoms. The number of carbonyl (C=O) groups is 8. The molecule has 8 atom stereocenters. The van der Waals surface area contributed by atoms with Gasteiger partial charge in [-0.1, -0.05) is 67.9 Å². The number of aromatic nitrogens is 1. The SMILES string of the molecule is CCCC(=O)NC(C)C(=O)NC(C)C(=O)Nc1cc(C[C@@H](CC(C)C(=O)NCC(C)(C)COC(C)(C)CCN)NC(=O)c2csc([C@@H](CC(C(C)C)N(C)C(=O)C[C@@H](C)CC)OC(C)=O)n2)ccc1OC(=O)C(C)NC. The van der Waals surface area contributed by atoms with E-state index in [1.807, 2.05) is 62.3 Å². The Morgan fingerprint density at radius 1 is 0.855 bits per heavy atom. The molecule has 0 radical (unpaired) electrons. The molecule has 2 rings (SSSR count). The lowest BCUT2D eigenvalue weighted by Crippen LogP contribution is -2.50. The quantitative estimate of drug-likeness (QED) is 0.0321. The van der Waals surface area contributed by atoms with Crippen molar-refractivity contribution in [2.24, 2.45) is 28.9 Å². The highest BCUT2D eigenvalue weighted by Crippen LogP contribution is 2.32. The zero-order valence-electron chi connectivity index (χ0n) is 48.2. The van der Waals surface area contributed by atoms with Gasteiger partial charge in [0.05, 0.1) is 17.9 Å². The average Bonchev–Trinajstić information content (AvgIpc) is 3.84. The van der Waals surface area contributed by atoms with Crippen LogP contribution in [0.5, 0.6) is 5.75 Å². The zero-order chi connectivity index (χ0) is 57.7. The molecule has 5 unspecified atom stereocenters. The topological polar surface area (TPSA) is 279 Å². The molecule has 0 saturated heterocycles. The Morgan fingerprint density at radius 2 is 1.51 bits per heavy atom. The van der Waals surface area contributed by atoms with E-state index in [9.17, 15) is 38.4 Å². The van der Waals surface area contributed by atoms with E-state index >= 15 is 0 Å². The third-order valence-electron chi connectivity index (χ3n) is 13.2. The fourth-order valence-electron chi connectivity index (χ4n) is 7.90. The van der Waals surface area contributed by atoms with Gasteiger partial charge in [0, 0.05) is 68.6 Å². The van der Waals surface area contributed by atoms with E-state index < -0.39 is 76.9 Å². The predicted molar refractivity (Wildman–Crippen MR) is 295 cm³/mol. The molecule has 76 heavy (non-hydrogen) atoms. The van der Waals surface area contributed by atoms with Crippen LogP contribution in [0.3, 0.4) is 0 Å². The molecule has 0 aliphatic carbocycles. The smallest absolute Gasteiger partial charge is 0.328 e. The van der Waals surface area contributed by atoms with Crippen LogP contribution in [0.2, 0.25) is 0 Å². The second-order valence-electron chi connectivity index (χ2n) is 21.9. The Bertz CT molecular complexity index is 2250. The molecule has 0 spiro atoms. The monoisotopic (exact) mass is 1090 g/mol. The van der Waals surface area contributed by atoms with E-state index in [-0.39, 0.29) is 78.4 Å². The molecular formula is C55H91N9O11S. The fraction of sp³-hybridized carbons (Fsp3) is 0.691. The summed E-state index contributed by atoms with van der Waals surface area (Å²) in [6, 6.07) is 1.01. The number of hydrogen-bond donors (Lipinski definition) is 7. The standard InChI is InChI=1S/C55H91N9O11S/c1-17-19-46(66)59-35(7)49(69)60-36(8)50(70)62-41-27-39(20-21-44(41)75-53(72)37(9)57-15)26-40(25-34(6)48(68)58-30-54(11,12)31-73-55(13,14)22-23-56)61-51(71)42-29-76-52(63-42)45(74-38(10)65)28-43(32(3)4)64(16)47(67)24-33(5)18-2/h20-21,27,29,32-37,40,43,45,57H,17-19,22-26,28,30-31,56H2,1-16H3,(H,58,68)(H,59,66)(H,60,69)(H,61,71)(H,62,70)/t33-,34?,35?,36?,37?,40+,43?,45+/m0/s1. The number of benzene rings is 1. The highest BCUT2D eigenvalue weighted by molar-refractivity contribution is 7.09. The third kappa shape index (κ3) is 23.0. The first kappa shape index (κ1) is 66.6. The van der Waals surface area contributed by atoms with Crippen molar-refractivity contribution in [1.29, 1.82) is 0 Å². The first-order valence-corrected chi connectivity index (χ1v) is 27.6. The number of nitrogens with one attached hydrogen (secondary N) is 6. The van der Waals surface area contributed by atoms with Gasteiger partial charge in [0.1, 0.15) is 28.8 Å². The summed E-state index contributed by atoms with van der Waals surface area (Å²) in [5.41, 5.74) is 5.61. The van der Waals surface area contributed by atoms with Gasteiger partial charge in [-0.15, -0.1) is 11.3 Å². The van der Waals surface area contributed by atoms with Crippen molar-refractivity contribution >= 4 is 64.4 Å². The van der Waals surface area contributed by atoms with Gasteiger partial charge in [-0.2, -0.15) is 0 Å². The number of ether oxygens (including phenoxy) is 3. The van der Waals surface area contributed by atoms with Crippen LogP contribution in [-0.2, 0) is 49.5 Å². The summed E-state index contributed by atoms with van der Waals surface area (Å²) in [6.07, 6.45) is 2.38. The summed E-state index contributed by atoms with van der Waals surface area (Å²) in [6.45, 7) is 26.6. The maximum absolute atomic E-state index is 14.3. The Balaban J connectivity index is 2.59. The number of thiazole rings is 1. The predicted octanol–water partition coefficient (Wildman–Crippen LogP) is 5.97. The molecule has 0 fully saturated rings. The van der Waals surface area contributed by atoms with E-state index in [0.29, 0.717) is 49.5 Å². The lowest BCUT2D eigenvalue weighted by molar-refractivity contribution is -0.148. The van der Waals surface area contributed by atoms with Crippen molar-refractivity contribution in [3.63, 3.8) is 0 Å². The van der Waals surface area contributed by atoms with Crippen molar-refractivity contribution < 1.29 is 52.6 Å². The van der Waals surface area contributed by atoms with Crippen LogP contribution in [0.1, 0.15) is 169 Å². The molecule has 0 saturated carbocycles. The lowest BCUT2D eigenvalue weighted by atomic mass is 9.92. The van der Waals surface area contributed by atoms with Gasteiger partial charge in [0.2, 0.25) is 29.5 Å². The maximum atomic E-state index is 14.3. The van der Waals surface area contributed by atoms with Crippen molar-refractivity contribution in [1.82, 2.24) is 36.5 Å². The van der Waals surface area contributed by atoms with Crippen LogP contribution in [0.25, 0.3) is 0 Å². The third-order valence-corrected chi connectivity index (χ3v) is 14.2. The highest BCUT2D eigenvalue weighted by atomic mass is 32.1. The molecule has 8 N–H and O–H groups in total. The van der Waals surface area contributed by atoms with Crippen LogP contribution in [-0.4, -0.2) is 127 Å². The average molecular weight is 1090 g/mol. The Morgan fingerprint density at radius 3 is 2.11 bits per heavy atom. The van der Waals surface area contributed by atoms with Gasteiger partial charge in [-0.25, -0.2) is 9.78 Å². The second-order valence-corrected chi connectivity index (χ2v) is 22.8. The minimum absolute atomic E-state index is 0.00447. The number of nitrogens with two attached hydrogens (primary N) is 1. The van der Waals surface area contributed by atoms with Crippen molar-refractivity contribution in [3.05, 3.63) is 39.8 Å². The van der Waals surface area contributed by atoms with Crippen LogP contribution < -0.4 is 42.4 Å². The Kier molecular flexibility index (Phi) is 27.7. The molecule has 6 amide bonds. The maximum Gasteiger partial charge on any atom is 0.328 e. The number of rotatable bonds is 33. The van der Waals surface area contributed by atoms with E-state index in [1.54, 1.807) is 50.4 Å². The van der Waals surface area contributed by atoms with Gasteiger partial charge in [0.25, 0.3) is 5.91 Å². The number of carbonyl (C=O) groups excluding carboxylic acids is 8. The van der Waals surface area contributed by atoms with E-state index in [1.165, 1.54) is 26.8 Å². The van der Waals surface area contributed by atoms with Crippen LogP contribution in [0.4, 0.5) is 5.69 Å². The normalized spacial score (nSPS) is 14.9. The summed E-state index contributed by atoms with van der Waals surface area (Å²) in [5, 5.41) is 18.9. The second kappa shape index (κ2) is 31.6. The Labute approximate surface area is 455 Å². The molecule has 0 aliphatic rings. The molecule has 2 aromatic rings. The number of nitrogens with zero attached hydrogens (tertiary/aromatic N) is 2. The van der Waals surface area contributed by atoms with Gasteiger partial charge >= 0.3 is 11.9 Å². The first-order valence-electron chi connectivity index (χ1n) is 26.7. The van der Waals surface area contributed by atoms with Gasteiger partial charge in [-0.3, -0.25) is 33.6 Å². The number of anilines is 1. The number of hydrogen-bond acceptors (Lipinski definition) is 15. The summed E-state index contributed by atoms with van der Waals surface area (Å²) >= 11 is 1.15. The van der Waals surface area contributed by atoms with Gasteiger partial charge in [0.15, 0.2) is 11.9 Å². The molecular weight excluding hydrogens is 995 g/mol. The molecule has 1 aromatic carbocycles. The zero-order valence-corrected chi connectivity index (χ0v) is 49.0. The Hall–Kier alpha value is -5.51. The van der Waals surface area contributed by atoms with E-state index in [2.05, 4.69) is 36.9 Å². The van der Waals surface area contributed by atoms with Crippen molar-refractivity contribution in [2.75, 3.05) is 39.1 Å². The van der Waals surface area contributed by atoms with E-state index in [4.69, 9.17) is 19.9 Å². The number of likely N-dealkylation sites (N-methyl/N-ethyl adjacent to an activating group) is 1. The largest absolute Gasteiger partial charge is 0.455 e. The first-order chi connectivity index (χ1) is 35.5. The molecule has 20 nitrogen and oxygen atoms in total. The molecule has 1 aromatic heterocycles. The molecule has 428 valence electrons. The van der Waals surface area contributed by atoms with Crippen LogP contribution in [0, 0.1) is 23.2 Å². The van der Waals surface area contributed by atoms with Crippen molar-refractivity contribution in [2.45, 2.75) is 190 Å². The van der Waals surface area contributed by atoms with E-state index in [0.717, 1.165) is 17.8 Å². The highest BCUT2D eigenvalue weighted by Gasteiger charge is 2.33. The minimum atomic E-state index is -1.10. The molecule has 0 bridgehead atoms. The van der Waals surface area contributed by atoms with Crippen LogP contribution in [0.15, 0.2) is 23.6 Å². The fourth-order valence-corrected chi connectivity index (χ4v) is 8.74. The summed E-state index contributed by atoms with van der Waals surface area (Å²) in [4.78, 5) is 112. The van der Waals surface area contributed by atoms with Crippen molar-refractivity contribution in [3.8, 4) is 5.75 Å². The minimum Gasteiger partial charge on any atom is -0.455 e. The van der Waals surface area contributed by atoms with Gasteiger partial charge < -0.3 is 56.7 Å². The summed E-state index contributed by atoms with van der Waals surface area (Å²) in [7, 11) is 3.35. The summed E-state index contributed by atoms with van der Waals surface area (Å²) < 4.78 is 17.7. The molecule has 0 aliphatic heterocycles. The van der Waals surface area contributed by atoms with Crippen LogP contribution >= 0.6 is 11.3 Å². The number of esters is 2. The number of amides is 6. The molecule has 1 heterocycles. The van der Waals surface area contributed by atoms with Gasteiger partial charge in [-0.05, 0) is 103 Å². The lowest BCUT2D eigenvalue weighted by Gasteiger charge is -2.34.